The molecule has 1 aromatic carbocycles. The Morgan fingerprint density at radius 1 is 1.27 bits per heavy atom. The van der Waals surface area contributed by atoms with Gasteiger partial charge in [0.1, 0.15) is 19.3 Å². The van der Waals surface area contributed by atoms with Crippen LogP contribution in [0, 0.1) is 6.92 Å². The summed E-state index contributed by atoms with van der Waals surface area (Å²) in [5.74, 6) is 0.131. The molecule has 2 amide bonds. The first-order valence-corrected chi connectivity index (χ1v) is 9.55. The predicted octanol–water partition coefficient (Wildman–Crippen LogP) is 1.19. The number of nitrogens with one attached hydrogen (secondary N) is 1. The fourth-order valence-electron chi connectivity index (χ4n) is 3.60. The van der Waals surface area contributed by atoms with Gasteiger partial charge in [-0.05, 0) is 24.1 Å². The van der Waals surface area contributed by atoms with Crippen molar-refractivity contribution in [1.29, 1.82) is 0 Å². The quantitative estimate of drug-likeness (QED) is 0.683. The third-order valence-electron chi connectivity index (χ3n) is 5.21. The Labute approximate surface area is 173 Å². The number of benzene rings is 1. The molecule has 2 atom stereocenters. The molecule has 9 nitrogen and oxygen atoms in total. The molecule has 9 heteroatoms. The lowest BCUT2D eigenvalue weighted by Gasteiger charge is -2.39. The van der Waals surface area contributed by atoms with E-state index in [1.54, 1.807) is 35.2 Å². The summed E-state index contributed by atoms with van der Waals surface area (Å²) in [6, 6.07) is 10.8. The molecule has 3 heterocycles. The zero-order valence-corrected chi connectivity index (χ0v) is 16.7. The maximum absolute atomic E-state index is 13.1. The molecular weight excluding hydrogens is 384 g/mol. The lowest BCUT2D eigenvalue weighted by atomic mass is 9.94. The second-order valence-corrected chi connectivity index (χ2v) is 7.08. The van der Waals surface area contributed by atoms with Crippen LogP contribution in [-0.2, 0) is 20.9 Å². The van der Waals surface area contributed by atoms with E-state index in [-0.39, 0.29) is 25.0 Å². The van der Waals surface area contributed by atoms with Gasteiger partial charge in [-0.15, -0.1) is 0 Å². The van der Waals surface area contributed by atoms with Gasteiger partial charge in [0.25, 0.3) is 5.91 Å². The van der Waals surface area contributed by atoms with Crippen molar-refractivity contribution in [1.82, 2.24) is 30.0 Å². The highest BCUT2D eigenvalue weighted by molar-refractivity contribution is 5.86. The molecule has 1 fully saturated rings. The van der Waals surface area contributed by atoms with E-state index in [1.807, 2.05) is 37.3 Å². The summed E-state index contributed by atoms with van der Waals surface area (Å²) in [5.41, 5.74) is 2.66. The van der Waals surface area contributed by atoms with Crippen molar-refractivity contribution >= 4 is 11.8 Å². The number of pyridine rings is 1. The summed E-state index contributed by atoms with van der Waals surface area (Å²) in [4.78, 5) is 35.2. The molecule has 2 aromatic heterocycles. The molecule has 30 heavy (non-hydrogen) atoms. The van der Waals surface area contributed by atoms with E-state index in [1.165, 1.54) is 6.33 Å². The first-order chi connectivity index (χ1) is 14.6. The van der Waals surface area contributed by atoms with Gasteiger partial charge >= 0.3 is 0 Å². The second-order valence-electron chi connectivity index (χ2n) is 7.08. The summed E-state index contributed by atoms with van der Waals surface area (Å²) in [5, 5.41) is 7.03. The maximum atomic E-state index is 13.1. The van der Waals surface area contributed by atoms with Gasteiger partial charge < -0.3 is 15.0 Å². The minimum Gasteiger partial charge on any atom is -0.356 e. The predicted molar refractivity (Wildman–Crippen MR) is 107 cm³/mol. The van der Waals surface area contributed by atoms with Crippen molar-refractivity contribution in [3.63, 3.8) is 0 Å². The van der Waals surface area contributed by atoms with Crippen LogP contribution in [0.1, 0.15) is 22.7 Å². The molecule has 4 rings (SSSR count). The van der Waals surface area contributed by atoms with Crippen molar-refractivity contribution < 1.29 is 14.3 Å². The maximum Gasteiger partial charge on any atom is 0.251 e. The summed E-state index contributed by atoms with van der Waals surface area (Å²) < 4.78 is 7.23. The molecular formula is C21H22N6O3. The standard InChI is InChI=1S/C21H22N6O3/c1-14-6-3-4-8-16(14)18-19(30-11-17(28)26(18)2)21(29)24-10-15-7-5-9-23-20(15)27-13-22-12-25-27/h3-9,12-13,18-19H,10-11H2,1-2H3,(H,24,29)/t18-,19+/m1/s1. The molecule has 0 spiro atoms. The van der Waals surface area contributed by atoms with E-state index in [9.17, 15) is 9.59 Å². The van der Waals surface area contributed by atoms with Gasteiger partial charge in [0.2, 0.25) is 5.91 Å². The number of amides is 2. The highest BCUT2D eigenvalue weighted by atomic mass is 16.5. The Kier molecular flexibility index (Phi) is 5.53. The van der Waals surface area contributed by atoms with Gasteiger partial charge in [0.15, 0.2) is 11.9 Å². The number of aryl methyl sites for hydroxylation is 1. The molecule has 0 saturated carbocycles. The molecule has 0 bridgehead atoms. The van der Waals surface area contributed by atoms with Crippen LogP contribution in [0.5, 0.6) is 0 Å². The molecule has 0 unspecified atom stereocenters. The average Bonchev–Trinajstić information content (AvgIpc) is 3.29. The monoisotopic (exact) mass is 406 g/mol. The third kappa shape index (κ3) is 3.79. The summed E-state index contributed by atoms with van der Waals surface area (Å²) in [7, 11) is 1.70. The topological polar surface area (TPSA) is 102 Å². The minimum absolute atomic E-state index is 0.131. The van der Waals surface area contributed by atoms with E-state index in [4.69, 9.17) is 4.74 Å². The van der Waals surface area contributed by atoms with Crippen molar-refractivity contribution in [2.75, 3.05) is 13.7 Å². The lowest BCUT2D eigenvalue weighted by molar-refractivity contribution is -0.162. The Hall–Kier alpha value is -3.59. The second kappa shape index (κ2) is 8.42. The zero-order chi connectivity index (χ0) is 21.1. The van der Waals surface area contributed by atoms with Crippen LogP contribution in [-0.4, -0.2) is 56.2 Å². The van der Waals surface area contributed by atoms with Gasteiger partial charge in [0.05, 0.1) is 6.04 Å². The number of likely N-dealkylation sites (N-methyl/N-ethyl adjacent to an activating group) is 1. The number of hydrogen-bond donors (Lipinski definition) is 1. The number of rotatable bonds is 5. The summed E-state index contributed by atoms with van der Waals surface area (Å²) in [6.07, 6.45) is 3.81. The Bertz CT molecular complexity index is 1050. The molecule has 0 aliphatic carbocycles. The molecule has 0 radical (unpaired) electrons. The number of aromatic nitrogens is 4. The summed E-state index contributed by atoms with van der Waals surface area (Å²) in [6.45, 7) is 2.06. The van der Waals surface area contributed by atoms with E-state index in [2.05, 4.69) is 20.4 Å². The number of carbonyl (C=O) groups is 2. The largest absolute Gasteiger partial charge is 0.356 e. The number of morpholine rings is 1. The lowest BCUT2D eigenvalue weighted by Crippen LogP contribution is -2.53. The summed E-state index contributed by atoms with van der Waals surface area (Å²) >= 11 is 0. The molecule has 1 N–H and O–H groups in total. The van der Waals surface area contributed by atoms with Gasteiger partial charge in [-0.25, -0.2) is 14.6 Å². The SMILES string of the molecule is Cc1ccccc1[C@@H]1[C@@H](C(=O)NCc2cccnc2-n2cncn2)OCC(=O)N1C. The molecule has 1 aliphatic heterocycles. The van der Waals surface area contributed by atoms with Crippen molar-refractivity contribution in [2.45, 2.75) is 25.6 Å². The Morgan fingerprint density at radius 3 is 2.87 bits per heavy atom. The van der Waals surface area contributed by atoms with Crippen LogP contribution < -0.4 is 5.32 Å². The highest BCUT2D eigenvalue weighted by Crippen LogP contribution is 2.31. The molecule has 3 aromatic rings. The first-order valence-electron chi connectivity index (χ1n) is 9.55. The molecule has 1 aliphatic rings. The molecule has 154 valence electrons. The van der Waals surface area contributed by atoms with Crippen molar-refractivity contribution in [3.8, 4) is 5.82 Å². The number of carbonyl (C=O) groups excluding carboxylic acids is 2. The Morgan fingerprint density at radius 2 is 2.10 bits per heavy atom. The van der Waals surface area contributed by atoms with Crippen LogP contribution in [0.2, 0.25) is 0 Å². The number of nitrogens with zero attached hydrogens (tertiary/aromatic N) is 5. The number of ether oxygens (including phenoxy) is 1. The third-order valence-corrected chi connectivity index (χ3v) is 5.21. The Balaban J connectivity index is 1.55. The van der Waals surface area contributed by atoms with E-state index in [0.29, 0.717) is 5.82 Å². The minimum atomic E-state index is -0.819. The van der Waals surface area contributed by atoms with Gasteiger partial charge in [-0.3, -0.25) is 9.59 Å². The van der Waals surface area contributed by atoms with Gasteiger partial charge in [0, 0.05) is 25.4 Å². The highest BCUT2D eigenvalue weighted by Gasteiger charge is 2.40. The van der Waals surface area contributed by atoms with Crippen LogP contribution in [0.25, 0.3) is 5.82 Å². The normalized spacial score (nSPS) is 19.0. The van der Waals surface area contributed by atoms with Crippen molar-refractivity contribution in [2.24, 2.45) is 0 Å². The fourth-order valence-corrected chi connectivity index (χ4v) is 3.60. The average molecular weight is 406 g/mol. The van der Waals surface area contributed by atoms with Crippen LogP contribution in [0.3, 0.4) is 0 Å². The fraction of sp³-hybridized carbons (Fsp3) is 0.286. The van der Waals surface area contributed by atoms with Crippen LogP contribution in [0.4, 0.5) is 0 Å². The zero-order valence-electron chi connectivity index (χ0n) is 16.7. The molecule has 1 saturated heterocycles. The van der Waals surface area contributed by atoms with Crippen LogP contribution >= 0.6 is 0 Å². The number of hydrogen-bond acceptors (Lipinski definition) is 6. The van der Waals surface area contributed by atoms with Crippen LogP contribution in [0.15, 0.2) is 55.2 Å². The van der Waals surface area contributed by atoms with E-state index < -0.39 is 12.1 Å². The van der Waals surface area contributed by atoms with Crippen molar-refractivity contribution in [3.05, 3.63) is 71.9 Å². The van der Waals surface area contributed by atoms with E-state index in [0.717, 1.165) is 16.7 Å². The first kappa shape index (κ1) is 19.7. The van der Waals surface area contributed by atoms with E-state index >= 15 is 0 Å². The van der Waals surface area contributed by atoms with Gasteiger partial charge in [-0.1, -0.05) is 30.3 Å². The van der Waals surface area contributed by atoms with Gasteiger partial charge in [-0.2, -0.15) is 5.10 Å². The smallest absolute Gasteiger partial charge is 0.251 e.